The smallest absolute Gasteiger partial charge is 0.222 e. The zero-order valence-corrected chi connectivity index (χ0v) is 17.1. The second-order valence-electron chi connectivity index (χ2n) is 7.27. The molecule has 0 bridgehead atoms. The van der Waals surface area contributed by atoms with E-state index in [1.54, 1.807) is 0 Å². The molecule has 0 aliphatic rings. The van der Waals surface area contributed by atoms with E-state index in [-0.39, 0.29) is 0 Å². The molecule has 24 heavy (non-hydrogen) atoms. The minimum absolute atomic E-state index is 0.342. The van der Waals surface area contributed by atoms with Gasteiger partial charge in [0.15, 0.2) is 0 Å². The van der Waals surface area contributed by atoms with E-state index in [0.29, 0.717) is 5.91 Å². The Morgan fingerprint density at radius 1 is 0.542 bits per heavy atom. The molecule has 0 aliphatic heterocycles. The second-order valence-corrected chi connectivity index (χ2v) is 7.27. The Bertz CT molecular complexity index is 261. The molecule has 0 rings (SSSR count). The van der Waals surface area contributed by atoms with Crippen LogP contribution in [0.2, 0.25) is 0 Å². The normalized spacial score (nSPS) is 11.0. The monoisotopic (exact) mass is 339 g/mol. The van der Waals surface area contributed by atoms with E-state index in [0.717, 1.165) is 25.9 Å². The van der Waals surface area contributed by atoms with E-state index in [9.17, 15) is 4.79 Å². The van der Waals surface area contributed by atoms with Crippen LogP contribution in [0, 0.1) is 0 Å². The lowest BCUT2D eigenvalue weighted by atomic mass is 10.0. The summed E-state index contributed by atoms with van der Waals surface area (Å²) in [5, 5.41) is 0. The molecule has 1 amide bonds. The lowest BCUT2D eigenvalue weighted by molar-refractivity contribution is -0.130. The molecule has 0 radical (unpaired) electrons. The van der Waals surface area contributed by atoms with Crippen molar-refractivity contribution < 1.29 is 4.79 Å². The number of hydrogen-bond donors (Lipinski definition) is 0. The summed E-state index contributed by atoms with van der Waals surface area (Å²) in [6.07, 6.45) is 21.4. The first-order valence-corrected chi connectivity index (χ1v) is 11.0. The third kappa shape index (κ3) is 15.0. The van der Waals surface area contributed by atoms with Gasteiger partial charge in [0.2, 0.25) is 5.91 Å². The van der Waals surface area contributed by atoms with Gasteiger partial charge in [0, 0.05) is 19.5 Å². The first-order valence-electron chi connectivity index (χ1n) is 11.0. The van der Waals surface area contributed by atoms with Crippen LogP contribution < -0.4 is 0 Å². The highest BCUT2D eigenvalue weighted by Gasteiger charge is 2.07. The van der Waals surface area contributed by atoms with Gasteiger partial charge in [-0.05, 0) is 20.3 Å². The maximum atomic E-state index is 11.9. The van der Waals surface area contributed by atoms with Gasteiger partial charge in [-0.1, -0.05) is 96.8 Å². The quantitative estimate of drug-likeness (QED) is 0.243. The summed E-state index contributed by atoms with van der Waals surface area (Å²) >= 11 is 0. The zero-order valence-electron chi connectivity index (χ0n) is 17.1. The van der Waals surface area contributed by atoms with Gasteiger partial charge in [-0.3, -0.25) is 4.79 Å². The van der Waals surface area contributed by atoms with Gasteiger partial charge in [-0.2, -0.15) is 0 Å². The Hall–Kier alpha value is -0.530. The van der Waals surface area contributed by atoms with Crippen molar-refractivity contribution in [1.82, 2.24) is 4.90 Å². The van der Waals surface area contributed by atoms with Crippen molar-refractivity contribution in [3.8, 4) is 0 Å². The fourth-order valence-corrected chi connectivity index (χ4v) is 3.38. The summed E-state index contributed by atoms with van der Waals surface area (Å²) in [7, 11) is 0. The average molecular weight is 340 g/mol. The van der Waals surface area contributed by atoms with Crippen LogP contribution in [-0.4, -0.2) is 23.9 Å². The first kappa shape index (κ1) is 23.5. The fraction of sp³-hybridized carbons (Fsp3) is 0.955. The van der Waals surface area contributed by atoms with E-state index in [1.807, 2.05) is 4.90 Å². The summed E-state index contributed by atoms with van der Waals surface area (Å²) in [4.78, 5) is 13.8. The summed E-state index contributed by atoms with van der Waals surface area (Å²) < 4.78 is 0. The van der Waals surface area contributed by atoms with Crippen LogP contribution in [0.4, 0.5) is 0 Å². The van der Waals surface area contributed by atoms with Gasteiger partial charge in [-0.25, -0.2) is 0 Å². The summed E-state index contributed by atoms with van der Waals surface area (Å²) in [6.45, 7) is 8.12. The largest absolute Gasteiger partial charge is 0.343 e. The summed E-state index contributed by atoms with van der Waals surface area (Å²) in [5.41, 5.74) is 0. The van der Waals surface area contributed by atoms with Gasteiger partial charge in [0.1, 0.15) is 0 Å². The van der Waals surface area contributed by atoms with Crippen molar-refractivity contribution in [3.63, 3.8) is 0 Å². The Kier molecular flexibility index (Phi) is 18.4. The predicted octanol–water partition coefficient (Wildman–Crippen LogP) is 7.12. The van der Waals surface area contributed by atoms with Crippen molar-refractivity contribution in [2.45, 2.75) is 124 Å². The molecule has 0 aromatic heterocycles. The van der Waals surface area contributed by atoms with Gasteiger partial charge in [-0.15, -0.1) is 0 Å². The second kappa shape index (κ2) is 18.8. The topological polar surface area (TPSA) is 20.3 Å². The predicted molar refractivity (Wildman–Crippen MR) is 107 cm³/mol. The molecule has 0 unspecified atom stereocenters. The third-order valence-electron chi connectivity index (χ3n) is 5.11. The number of nitrogens with zero attached hydrogens (tertiary/aromatic N) is 1. The van der Waals surface area contributed by atoms with Gasteiger partial charge in [0.25, 0.3) is 0 Å². The molecular weight excluding hydrogens is 294 g/mol. The molecule has 0 N–H and O–H groups in total. The van der Waals surface area contributed by atoms with Crippen molar-refractivity contribution in [3.05, 3.63) is 0 Å². The van der Waals surface area contributed by atoms with E-state index < -0.39 is 0 Å². The molecule has 0 saturated heterocycles. The molecule has 0 spiro atoms. The molecule has 2 nitrogen and oxygen atoms in total. The van der Waals surface area contributed by atoms with Crippen LogP contribution >= 0.6 is 0 Å². The fourth-order valence-electron chi connectivity index (χ4n) is 3.38. The molecule has 0 atom stereocenters. The number of carbonyl (C=O) groups is 1. The number of hydrogen-bond acceptors (Lipinski definition) is 1. The maximum Gasteiger partial charge on any atom is 0.222 e. The Morgan fingerprint density at radius 3 is 1.21 bits per heavy atom. The summed E-state index contributed by atoms with van der Waals surface area (Å²) in [5.74, 6) is 0.342. The molecular formula is C22H45NO. The van der Waals surface area contributed by atoms with Gasteiger partial charge < -0.3 is 4.90 Å². The lowest BCUT2D eigenvalue weighted by Crippen LogP contribution is -2.30. The van der Waals surface area contributed by atoms with Crippen LogP contribution in [-0.2, 0) is 4.79 Å². The van der Waals surface area contributed by atoms with Gasteiger partial charge in [0.05, 0.1) is 0 Å². The molecule has 0 aromatic rings. The highest BCUT2D eigenvalue weighted by atomic mass is 16.2. The zero-order chi connectivity index (χ0) is 17.9. The van der Waals surface area contributed by atoms with Crippen molar-refractivity contribution in [1.29, 1.82) is 0 Å². The highest BCUT2D eigenvalue weighted by molar-refractivity contribution is 5.75. The van der Waals surface area contributed by atoms with Gasteiger partial charge >= 0.3 is 0 Å². The molecule has 0 aromatic carbocycles. The average Bonchev–Trinajstić information content (AvgIpc) is 2.59. The lowest BCUT2D eigenvalue weighted by Gasteiger charge is -2.18. The van der Waals surface area contributed by atoms with Crippen LogP contribution in [0.3, 0.4) is 0 Å². The number of rotatable bonds is 18. The Morgan fingerprint density at radius 2 is 0.875 bits per heavy atom. The molecule has 0 heterocycles. The minimum atomic E-state index is 0.342. The van der Waals surface area contributed by atoms with Crippen molar-refractivity contribution in [2.75, 3.05) is 13.1 Å². The van der Waals surface area contributed by atoms with Crippen LogP contribution in [0.5, 0.6) is 0 Å². The Labute approximate surface area is 152 Å². The third-order valence-corrected chi connectivity index (χ3v) is 5.11. The molecule has 0 fully saturated rings. The maximum absolute atomic E-state index is 11.9. The molecule has 0 aliphatic carbocycles. The Balaban J connectivity index is 3.16. The van der Waals surface area contributed by atoms with Crippen molar-refractivity contribution >= 4 is 5.91 Å². The number of amides is 1. The van der Waals surface area contributed by atoms with E-state index in [4.69, 9.17) is 0 Å². The molecule has 144 valence electrons. The highest BCUT2D eigenvalue weighted by Crippen LogP contribution is 2.13. The number of carbonyl (C=O) groups excluding carboxylic acids is 1. The van der Waals surface area contributed by atoms with E-state index in [1.165, 1.54) is 89.9 Å². The van der Waals surface area contributed by atoms with Crippen LogP contribution in [0.15, 0.2) is 0 Å². The van der Waals surface area contributed by atoms with E-state index >= 15 is 0 Å². The van der Waals surface area contributed by atoms with Crippen molar-refractivity contribution in [2.24, 2.45) is 0 Å². The number of unbranched alkanes of at least 4 members (excludes halogenated alkanes) is 14. The van der Waals surface area contributed by atoms with Crippen LogP contribution in [0.25, 0.3) is 0 Å². The SMILES string of the molecule is CCCCCCCCCCCCCCCCCC(=O)N(CC)CC. The van der Waals surface area contributed by atoms with E-state index in [2.05, 4.69) is 20.8 Å². The minimum Gasteiger partial charge on any atom is -0.343 e. The molecule has 0 saturated carbocycles. The standard InChI is InChI=1S/C22H45NO/c1-4-7-8-9-10-11-12-13-14-15-16-17-18-19-20-21-22(24)23(5-2)6-3/h4-21H2,1-3H3. The summed E-state index contributed by atoms with van der Waals surface area (Å²) in [6, 6.07) is 0. The molecule has 2 heteroatoms. The first-order chi connectivity index (χ1) is 11.8. The van der Waals surface area contributed by atoms with Crippen LogP contribution in [0.1, 0.15) is 124 Å².